The third kappa shape index (κ3) is 18.0. The number of aromatic carboxylic acids is 2. The Balaban J connectivity index is 0.00000215. The molecule has 0 aliphatic carbocycles. The topological polar surface area (TPSA) is 161 Å². The Labute approximate surface area is 233 Å². The van der Waals surface area contributed by atoms with Crippen LogP contribution in [-0.4, -0.2) is 85.7 Å². The van der Waals surface area contributed by atoms with Gasteiger partial charge in [0.15, 0.2) is 0 Å². The molecule has 1 rings (SSSR count). The lowest BCUT2D eigenvalue weighted by molar-refractivity contribution is 0.0525. The number of hydrogen-bond acceptors (Lipinski definition) is 8. The minimum Gasteiger partial charge on any atom is -0.493 e. The molecule has 0 bridgehead atoms. The van der Waals surface area contributed by atoms with Crippen molar-refractivity contribution in [2.24, 2.45) is 5.73 Å². The second-order valence-corrected chi connectivity index (χ2v) is 10.3. The number of nitrogens with zero attached hydrogens (tertiary/aromatic N) is 1. The lowest BCUT2D eigenvalue weighted by Gasteiger charge is -2.19. The molecule has 0 aliphatic rings. The van der Waals surface area contributed by atoms with Crippen LogP contribution in [0.25, 0.3) is 0 Å². The molecule has 1 aromatic carbocycles. The van der Waals surface area contributed by atoms with Crippen LogP contribution in [0.15, 0.2) is 12.1 Å². The van der Waals surface area contributed by atoms with E-state index >= 15 is 0 Å². The first-order valence-corrected chi connectivity index (χ1v) is 13.5. The maximum absolute atomic E-state index is 11.6. The normalized spacial score (nSPS) is 10.9. The van der Waals surface area contributed by atoms with Gasteiger partial charge in [0.2, 0.25) is 0 Å². The number of carboxylic acids is 2. The Hall–Kier alpha value is -3.05. The molecule has 0 spiro atoms. The van der Waals surface area contributed by atoms with Gasteiger partial charge in [-0.25, -0.2) is 14.4 Å². The molecular weight excluding hydrogens is 506 g/mol. The third-order valence-corrected chi connectivity index (χ3v) is 5.12. The molecule has 11 nitrogen and oxygen atoms in total. The maximum Gasteiger partial charge on any atom is 0.407 e. The highest BCUT2D eigenvalue weighted by atomic mass is 16.6. The van der Waals surface area contributed by atoms with Crippen molar-refractivity contribution in [1.82, 2.24) is 10.2 Å². The summed E-state index contributed by atoms with van der Waals surface area (Å²) >= 11 is 0. The van der Waals surface area contributed by atoms with Gasteiger partial charge in [-0.1, -0.05) is 26.2 Å². The van der Waals surface area contributed by atoms with Gasteiger partial charge in [-0.05, 0) is 66.6 Å². The van der Waals surface area contributed by atoms with Gasteiger partial charge in [-0.3, -0.25) is 0 Å². The van der Waals surface area contributed by atoms with E-state index in [1.54, 1.807) is 20.8 Å². The lowest BCUT2D eigenvalue weighted by atomic mass is 10.1. The molecule has 0 saturated heterocycles. The van der Waals surface area contributed by atoms with Crippen LogP contribution in [-0.2, 0) is 4.74 Å². The second-order valence-electron chi connectivity index (χ2n) is 10.3. The molecule has 1 amide bonds. The Bertz CT molecular complexity index is 869. The fourth-order valence-corrected chi connectivity index (χ4v) is 3.19. The van der Waals surface area contributed by atoms with Crippen LogP contribution in [0.4, 0.5) is 4.79 Å². The Morgan fingerprint density at radius 2 is 1.38 bits per heavy atom. The highest BCUT2D eigenvalue weighted by Gasteiger charge is 2.21. The van der Waals surface area contributed by atoms with Gasteiger partial charge in [-0.2, -0.15) is 0 Å². The first-order valence-electron chi connectivity index (χ1n) is 13.5. The van der Waals surface area contributed by atoms with Crippen molar-refractivity contribution in [3.05, 3.63) is 23.3 Å². The van der Waals surface area contributed by atoms with Crippen LogP contribution >= 0.6 is 0 Å². The zero-order valence-corrected chi connectivity index (χ0v) is 24.5. The number of alkyl carbamates (subject to hydrolysis) is 1. The minimum atomic E-state index is -1.27. The second kappa shape index (κ2) is 19.9. The number of nitrogens with one attached hydrogen (secondary N) is 1. The van der Waals surface area contributed by atoms with Crippen molar-refractivity contribution in [2.75, 3.05) is 46.9 Å². The molecule has 0 unspecified atom stereocenters. The van der Waals surface area contributed by atoms with Crippen LogP contribution in [0.1, 0.15) is 93.4 Å². The van der Waals surface area contributed by atoms with Gasteiger partial charge in [0.1, 0.15) is 28.2 Å². The molecular formula is C28H49N3O8. The van der Waals surface area contributed by atoms with E-state index in [1.165, 1.54) is 6.07 Å². The number of unbranched alkanes of at least 4 members (excludes halogenated alkanes) is 5. The molecule has 0 atom stereocenters. The summed E-state index contributed by atoms with van der Waals surface area (Å²) in [6.45, 7) is 10.3. The van der Waals surface area contributed by atoms with Crippen molar-refractivity contribution >= 4 is 18.0 Å². The van der Waals surface area contributed by atoms with Crippen molar-refractivity contribution < 1.29 is 38.8 Å². The van der Waals surface area contributed by atoms with Crippen molar-refractivity contribution in [2.45, 2.75) is 78.2 Å². The lowest BCUT2D eigenvalue weighted by Crippen LogP contribution is -2.33. The number of likely N-dealkylation sites (N-methyl/N-ethyl adjacent to an activating group) is 1. The summed E-state index contributed by atoms with van der Waals surface area (Å²) in [6.07, 6.45) is 5.50. The predicted octanol–water partition coefficient (Wildman–Crippen LogP) is 4.62. The largest absolute Gasteiger partial charge is 0.493 e. The van der Waals surface area contributed by atoms with E-state index in [9.17, 15) is 24.6 Å². The summed E-state index contributed by atoms with van der Waals surface area (Å²) in [5, 5.41) is 21.6. The molecule has 0 aliphatic heterocycles. The third-order valence-electron chi connectivity index (χ3n) is 5.12. The van der Waals surface area contributed by atoms with Crippen LogP contribution < -0.4 is 20.5 Å². The monoisotopic (exact) mass is 555 g/mol. The van der Waals surface area contributed by atoms with E-state index in [0.717, 1.165) is 51.3 Å². The van der Waals surface area contributed by atoms with Crippen molar-refractivity contribution in [3.63, 3.8) is 0 Å². The van der Waals surface area contributed by atoms with Gasteiger partial charge < -0.3 is 40.4 Å². The highest BCUT2D eigenvalue weighted by Crippen LogP contribution is 2.30. The first-order chi connectivity index (χ1) is 18.3. The van der Waals surface area contributed by atoms with E-state index < -0.39 is 23.6 Å². The number of carboxylic acid groups (broad SMARTS) is 2. The smallest absolute Gasteiger partial charge is 0.407 e. The Morgan fingerprint density at radius 3 is 1.77 bits per heavy atom. The van der Waals surface area contributed by atoms with E-state index in [2.05, 4.69) is 17.1 Å². The Kier molecular flexibility index (Phi) is 18.4. The number of ether oxygens (including phenoxy) is 3. The molecule has 224 valence electrons. The van der Waals surface area contributed by atoms with E-state index in [-0.39, 0.29) is 29.2 Å². The number of carbonyl (C=O) groups excluding carboxylic acids is 1. The number of carbonyl (C=O) groups is 3. The predicted molar refractivity (Wildman–Crippen MR) is 151 cm³/mol. The molecule has 5 N–H and O–H groups in total. The van der Waals surface area contributed by atoms with Crippen molar-refractivity contribution in [1.29, 1.82) is 0 Å². The van der Waals surface area contributed by atoms with E-state index in [1.807, 2.05) is 14.1 Å². The fourth-order valence-electron chi connectivity index (χ4n) is 3.19. The minimum absolute atomic E-state index is 0.0722. The highest BCUT2D eigenvalue weighted by molar-refractivity contribution is 5.98. The van der Waals surface area contributed by atoms with Gasteiger partial charge in [0, 0.05) is 25.7 Å². The summed E-state index contributed by atoms with van der Waals surface area (Å²) in [5.41, 5.74) is 4.21. The van der Waals surface area contributed by atoms with Gasteiger partial charge in [0.25, 0.3) is 0 Å². The van der Waals surface area contributed by atoms with Crippen LogP contribution in [0, 0.1) is 0 Å². The molecule has 0 saturated carbocycles. The van der Waals surface area contributed by atoms with Crippen LogP contribution in [0.3, 0.4) is 0 Å². The SMILES string of the molecule is CCCCCCOc1cc(OCCCCCNC(=O)OC(C)(C)C)c(C(=O)O)cc1C(=O)O.CN(C)CCN. The summed E-state index contributed by atoms with van der Waals surface area (Å²) in [4.78, 5) is 36.8. The fraction of sp³-hybridized carbons (Fsp3) is 0.679. The zero-order valence-electron chi connectivity index (χ0n) is 24.5. The number of hydrogen-bond donors (Lipinski definition) is 4. The standard InChI is InChI=1S/C24H37NO8.C4H12N2/c1-5-6-7-10-13-31-19-16-20(18(22(28)29)15-17(19)21(26)27)32-14-11-8-9-12-25-23(30)33-24(2,3)4;1-6(2)4-3-5/h15-16H,5-14H2,1-4H3,(H,25,30)(H,26,27)(H,28,29);3-5H2,1-2H3. The first kappa shape index (κ1) is 35.9. The molecule has 0 aromatic heterocycles. The zero-order chi connectivity index (χ0) is 29.8. The van der Waals surface area contributed by atoms with Gasteiger partial charge in [0.05, 0.1) is 13.2 Å². The Morgan fingerprint density at radius 1 is 0.872 bits per heavy atom. The van der Waals surface area contributed by atoms with Crippen molar-refractivity contribution in [3.8, 4) is 11.5 Å². The summed E-state index contributed by atoms with van der Waals surface area (Å²) in [7, 11) is 4.01. The number of amides is 1. The molecule has 1 aromatic rings. The quantitative estimate of drug-likeness (QED) is 0.200. The number of benzene rings is 1. The average molecular weight is 556 g/mol. The number of rotatable bonds is 17. The van der Waals surface area contributed by atoms with Gasteiger partial charge >= 0.3 is 18.0 Å². The molecule has 0 fully saturated rings. The summed E-state index contributed by atoms with van der Waals surface area (Å²) in [6, 6.07) is 2.42. The van der Waals surface area contributed by atoms with Crippen LogP contribution in [0.5, 0.6) is 11.5 Å². The van der Waals surface area contributed by atoms with E-state index in [0.29, 0.717) is 26.0 Å². The molecule has 39 heavy (non-hydrogen) atoms. The average Bonchev–Trinajstić information content (AvgIpc) is 2.82. The molecule has 0 radical (unpaired) electrons. The maximum atomic E-state index is 11.6. The molecule has 0 heterocycles. The van der Waals surface area contributed by atoms with Gasteiger partial charge in [-0.15, -0.1) is 0 Å². The van der Waals surface area contributed by atoms with E-state index in [4.69, 9.17) is 19.9 Å². The summed E-state index contributed by atoms with van der Waals surface area (Å²) in [5.74, 6) is -2.36. The summed E-state index contributed by atoms with van der Waals surface area (Å²) < 4.78 is 16.4. The molecule has 11 heteroatoms. The van der Waals surface area contributed by atoms with Crippen LogP contribution in [0.2, 0.25) is 0 Å². The number of nitrogens with two attached hydrogens (primary N) is 1.